The van der Waals surface area contributed by atoms with Gasteiger partial charge in [-0.1, -0.05) is 48.5 Å². The van der Waals surface area contributed by atoms with Crippen molar-refractivity contribution in [3.8, 4) is 17.4 Å². The summed E-state index contributed by atoms with van der Waals surface area (Å²) in [7, 11) is 0. The van der Waals surface area contributed by atoms with Crippen molar-refractivity contribution in [1.29, 1.82) is 0 Å². The molecule has 0 bridgehead atoms. The number of hydrogen-bond donors (Lipinski definition) is 2. The zero-order valence-corrected chi connectivity index (χ0v) is 16.9. The normalized spacial score (nSPS) is 11.1. The second-order valence-electron chi connectivity index (χ2n) is 6.95. The van der Waals surface area contributed by atoms with Crippen molar-refractivity contribution in [2.24, 2.45) is 10.2 Å². The van der Waals surface area contributed by atoms with Gasteiger partial charge in [-0.3, -0.25) is 4.79 Å². The summed E-state index contributed by atoms with van der Waals surface area (Å²) in [5.41, 5.74) is 3.02. The molecule has 0 unspecified atom stereocenters. The molecule has 0 saturated carbocycles. The number of aryl methyl sites for hydroxylation is 1. The molecule has 0 atom stereocenters. The van der Waals surface area contributed by atoms with Gasteiger partial charge in [0.1, 0.15) is 18.1 Å². The van der Waals surface area contributed by atoms with Crippen LogP contribution in [0.3, 0.4) is 0 Å². The first-order valence-electron chi connectivity index (χ1n) is 9.74. The quantitative estimate of drug-likeness (QED) is 0.392. The Morgan fingerprint density at radius 1 is 0.935 bits per heavy atom. The van der Waals surface area contributed by atoms with E-state index in [0.717, 1.165) is 16.6 Å². The number of para-hydroxylation sites is 1. The van der Waals surface area contributed by atoms with Gasteiger partial charge in [0.05, 0.1) is 5.52 Å². The molecule has 1 amide bonds. The highest BCUT2D eigenvalue weighted by atomic mass is 16.5. The third-order valence-corrected chi connectivity index (χ3v) is 4.69. The molecular formula is C24H21N3O4. The summed E-state index contributed by atoms with van der Waals surface area (Å²) >= 11 is 0. The van der Waals surface area contributed by atoms with E-state index in [1.807, 2.05) is 49.4 Å². The minimum atomic E-state index is -0.564. The number of rotatable bonds is 7. The number of H-pyrrole nitrogens is 1. The lowest BCUT2D eigenvalue weighted by atomic mass is 10.1. The number of aromatic hydroxyl groups is 1. The summed E-state index contributed by atoms with van der Waals surface area (Å²) in [6, 6.07) is 22.4. The van der Waals surface area contributed by atoms with Crippen LogP contribution in [0.1, 0.15) is 11.1 Å². The van der Waals surface area contributed by atoms with Gasteiger partial charge >= 0.3 is 5.91 Å². The van der Waals surface area contributed by atoms with Crippen molar-refractivity contribution >= 4 is 22.5 Å². The molecule has 156 valence electrons. The topological polar surface area (TPSA) is 96.3 Å². The van der Waals surface area contributed by atoms with Crippen molar-refractivity contribution in [1.82, 2.24) is 4.98 Å². The number of aromatic amines is 1. The average Bonchev–Trinajstić information content (AvgIpc) is 3.12. The van der Waals surface area contributed by atoms with Crippen LogP contribution >= 0.6 is 0 Å². The Morgan fingerprint density at radius 2 is 1.65 bits per heavy atom. The highest BCUT2D eigenvalue weighted by Crippen LogP contribution is 2.36. The Labute approximate surface area is 179 Å². The number of carbonyl (C=O) groups excluding carboxylic acids is 1. The molecule has 0 aliphatic rings. The highest BCUT2D eigenvalue weighted by Gasteiger charge is 2.12. The van der Waals surface area contributed by atoms with Gasteiger partial charge in [0.25, 0.3) is 0 Å². The number of nitrogens with zero attached hydrogens (tertiary/aromatic N) is 2. The highest BCUT2D eigenvalue weighted by molar-refractivity contribution is 5.96. The standard InChI is InChI=1S/C24H21N3O4/c1-16-6-5-9-20-22(16)25-24(29)23(20)27-26-21(28)15-31-19-12-10-18(11-13-19)30-14-17-7-3-2-4-8-17/h2-13,25,29H,14-15H2,1H3. The predicted molar refractivity (Wildman–Crippen MR) is 117 cm³/mol. The summed E-state index contributed by atoms with van der Waals surface area (Å²) in [5, 5.41) is 18.3. The Morgan fingerprint density at radius 3 is 2.39 bits per heavy atom. The molecule has 7 nitrogen and oxygen atoms in total. The first-order valence-corrected chi connectivity index (χ1v) is 9.74. The van der Waals surface area contributed by atoms with Crippen molar-refractivity contribution in [3.63, 3.8) is 0 Å². The minimum absolute atomic E-state index is 0.132. The fraction of sp³-hybridized carbons (Fsp3) is 0.125. The van der Waals surface area contributed by atoms with E-state index in [0.29, 0.717) is 23.5 Å². The van der Waals surface area contributed by atoms with E-state index in [9.17, 15) is 9.90 Å². The van der Waals surface area contributed by atoms with Gasteiger partial charge in [0, 0.05) is 5.39 Å². The second-order valence-corrected chi connectivity index (χ2v) is 6.95. The van der Waals surface area contributed by atoms with E-state index in [1.165, 1.54) is 0 Å². The molecule has 1 heterocycles. The smallest absolute Gasteiger partial charge is 0.302 e. The largest absolute Gasteiger partial charge is 0.493 e. The van der Waals surface area contributed by atoms with E-state index >= 15 is 0 Å². The van der Waals surface area contributed by atoms with Gasteiger partial charge in [0.15, 0.2) is 12.3 Å². The van der Waals surface area contributed by atoms with E-state index in [2.05, 4.69) is 15.2 Å². The molecular weight excluding hydrogens is 394 g/mol. The molecule has 0 aliphatic carbocycles. The molecule has 0 spiro atoms. The van der Waals surface area contributed by atoms with Crippen LogP contribution in [0.2, 0.25) is 0 Å². The maximum atomic E-state index is 12.1. The van der Waals surface area contributed by atoms with Gasteiger partial charge in [-0.05, 0) is 42.3 Å². The molecule has 1 aromatic heterocycles. The minimum Gasteiger partial charge on any atom is -0.493 e. The third-order valence-electron chi connectivity index (χ3n) is 4.69. The number of ether oxygens (including phenoxy) is 2. The number of nitrogens with one attached hydrogen (secondary N) is 1. The van der Waals surface area contributed by atoms with E-state index in [-0.39, 0.29) is 18.2 Å². The monoisotopic (exact) mass is 415 g/mol. The van der Waals surface area contributed by atoms with Crippen LogP contribution < -0.4 is 9.47 Å². The molecule has 0 radical (unpaired) electrons. The maximum absolute atomic E-state index is 12.1. The fourth-order valence-electron chi connectivity index (χ4n) is 3.09. The summed E-state index contributed by atoms with van der Waals surface area (Å²) in [5.74, 6) is 0.521. The van der Waals surface area contributed by atoms with Crippen LogP contribution in [0.25, 0.3) is 10.9 Å². The number of fused-ring (bicyclic) bond motifs is 1. The molecule has 0 saturated heterocycles. The van der Waals surface area contributed by atoms with Crippen molar-refractivity contribution in [3.05, 3.63) is 83.9 Å². The lowest BCUT2D eigenvalue weighted by molar-refractivity contribution is -0.120. The fourth-order valence-corrected chi connectivity index (χ4v) is 3.09. The summed E-state index contributed by atoms with van der Waals surface area (Å²) < 4.78 is 11.2. The van der Waals surface area contributed by atoms with Crippen LogP contribution in [0.4, 0.5) is 5.69 Å². The Balaban J connectivity index is 1.32. The zero-order chi connectivity index (χ0) is 21.6. The zero-order valence-electron chi connectivity index (χ0n) is 16.9. The van der Waals surface area contributed by atoms with Gasteiger partial charge in [-0.2, -0.15) is 0 Å². The third kappa shape index (κ3) is 4.90. The SMILES string of the molecule is Cc1cccc2c(N=NC(=O)COc3ccc(OCc4ccccc4)cc3)c(O)[nH]c12. The number of benzene rings is 3. The van der Waals surface area contributed by atoms with Gasteiger partial charge in [-0.25, -0.2) is 0 Å². The van der Waals surface area contributed by atoms with Crippen LogP contribution in [0.5, 0.6) is 17.4 Å². The van der Waals surface area contributed by atoms with Gasteiger partial charge in [-0.15, -0.1) is 10.2 Å². The molecule has 0 aliphatic heterocycles. The number of hydrogen-bond acceptors (Lipinski definition) is 5. The molecule has 7 heteroatoms. The van der Waals surface area contributed by atoms with Crippen LogP contribution in [-0.4, -0.2) is 22.6 Å². The Hall–Kier alpha value is -4.13. The van der Waals surface area contributed by atoms with Gasteiger partial charge in [0.2, 0.25) is 5.88 Å². The maximum Gasteiger partial charge on any atom is 0.302 e. The van der Waals surface area contributed by atoms with E-state index in [4.69, 9.17) is 9.47 Å². The van der Waals surface area contributed by atoms with Gasteiger partial charge < -0.3 is 19.6 Å². The molecule has 31 heavy (non-hydrogen) atoms. The molecule has 0 fully saturated rings. The summed E-state index contributed by atoms with van der Waals surface area (Å²) in [6.45, 7) is 2.12. The Bertz CT molecular complexity index is 1220. The van der Waals surface area contributed by atoms with E-state index in [1.54, 1.807) is 30.3 Å². The van der Waals surface area contributed by atoms with Crippen LogP contribution in [-0.2, 0) is 11.4 Å². The summed E-state index contributed by atoms with van der Waals surface area (Å²) in [4.78, 5) is 14.9. The average molecular weight is 415 g/mol. The molecule has 3 aromatic carbocycles. The number of carbonyl (C=O) groups is 1. The second kappa shape index (κ2) is 9.13. The molecule has 4 rings (SSSR count). The van der Waals surface area contributed by atoms with Crippen molar-refractivity contribution < 1.29 is 19.4 Å². The Kier molecular flexibility index (Phi) is 5.93. The summed E-state index contributed by atoms with van der Waals surface area (Å²) in [6.07, 6.45) is 0. The predicted octanol–water partition coefficient (Wildman–Crippen LogP) is 5.45. The lowest BCUT2D eigenvalue weighted by Gasteiger charge is -2.07. The van der Waals surface area contributed by atoms with E-state index < -0.39 is 5.91 Å². The first-order chi connectivity index (χ1) is 15.1. The van der Waals surface area contributed by atoms with Crippen LogP contribution in [0.15, 0.2) is 83.0 Å². The number of amides is 1. The number of aromatic nitrogens is 1. The molecule has 4 aromatic rings. The lowest BCUT2D eigenvalue weighted by Crippen LogP contribution is -2.07. The first kappa shape index (κ1) is 20.2. The van der Waals surface area contributed by atoms with Crippen molar-refractivity contribution in [2.45, 2.75) is 13.5 Å². The number of azo groups is 1. The van der Waals surface area contributed by atoms with Crippen LogP contribution in [0, 0.1) is 6.92 Å². The van der Waals surface area contributed by atoms with Crippen molar-refractivity contribution in [2.75, 3.05) is 6.61 Å². The molecule has 2 N–H and O–H groups in total.